The minimum Gasteiger partial charge on any atom is -0.457 e. The highest BCUT2D eigenvalue weighted by Gasteiger charge is 2.31. The van der Waals surface area contributed by atoms with Gasteiger partial charge in [-0.05, 0) is 42.7 Å². The van der Waals surface area contributed by atoms with Crippen LogP contribution in [0, 0.1) is 0 Å². The molecule has 0 radical (unpaired) electrons. The molecule has 3 rings (SSSR count). The lowest BCUT2D eigenvalue weighted by atomic mass is 9.89. The summed E-state index contributed by atoms with van der Waals surface area (Å²) in [5.74, 6) is 1.72. The Morgan fingerprint density at radius 3 is 2.26 bits per heavy atom. The van der Waals surface area contributed by atoms with Gasteiger partial charge in [0.15, 0.2) is 0 Å². The predicted octanol–water partition coefficient (Wildman–Crippen LogP) is 4.21. The van der Waals surface area contributed by atoms with Gasteiger partial charge in [-0.2, -0.15) is 0 Å². The maximum absolute atomic E-state index is 6.49. The van der Waals surface area contributed by atoms with Crippen molar-refractivity contribution in [1.29, 1.82) is 0 Å². The summed E-state index contributed by atoms with van der Waals surface area (Å²) < 4.78 is 5.87. The summed E-state index contributed by atoms with van der Waals surface area (Å²) in [7, 11) is 0. The summed E-state index contributed by atoms with van der Waals surface area (Å²) >= 11 is 0. The highest BCUT2D eigenvalue weighted by Crippen LogP contribution is 2.37. The van der Waals surface area contributed by atoms with Gasteiger partial charge >= 0.3 is 0 Å². The summed E-state index contributed by atoms with van der Waals surface area (Å²) in [4.78, 5) is 0. The topological polar surface area (TPSA) is 35.2 Å². The fourth-order valence-electron chi connectivity index (χ4n) is 2.79. The quantitative estimate of drug-likeness (QED) is 0.889. The van der Waals surface area contributed by atoms with Gasteiger partial charge in [-0.1, -0.05) is 43.2 Å². The Hall–Kier alpha value is -1.80. The van der Waals surface area contributed by atoms with Crippen LogP contribution in [-0.2, 0) is 5.54 Å². The fraction of sp³-hybridized carbons (Fsp3) is 0.294. The lowest BCUT2D eigenvalue weighted by Gasteiger charge is -2.24. The molecule has 2 N–H and O–H groups in total. The Morgan fingerprint density at radius 1 is 0.842 bits per heavy atom. The molecule has 0 aromatic heterocycles. The van der Waals surface area contributed by atoms with E-state index in [1.165, 1.54) is 18.4 Å². The van der Waals surface area contributed by atoms with Crippen molar-refractivity contribution in [1.82, 2.24) is 0 Å². The van der Waals surface area contributed by atoms with Crippen molar-refractivity contribution >= 4 is 0 Å². The molecule has 1 aliphatic rings. The first kappa shape index (κ1) is 12.2. The first-order valence-electron chi connectivity index (χ1n) is 6.89. The second-order valence-corrected chi connectivity index (χ2v) is 5.31. The van der Waals surface area contributed by atoms with Crippen LogP contribution in [0.5, 0.6) is 11.5 Å². The van der Waals surface area contributed by atoms with Gasteiger partial charge in [-0.3, -0.25) is 0 Å². The number of hydrogen-bond acceptors (Lipinski definition) is 2. The fourth-order valence-corrected chi connectivity index (χ4v) is 2.79. The normalized spacial score (nSPS) is 17.3. The maximum Gasteiger partial charge on any atom is 0.127 e. The average molecular weight is 253 g/mol. The summed E-state index contributed by atoms with van der Waals surface area (Å²) in [6.45, 7) is 0. The molecular formula is C17H19NO. The van der Waals surface area contributed by atoms with Crippen LogP contribution in [0.25, 0.3) is 0 Å². The Kier molecular flexibility index (Phi) is 3.26. The maximum atomic E-state index is 6.49. The van der Waals surface area contributed by atoms with Crippen molar-refractivity contribution in [2.45, 2.75) is 31.2 Å². The van der Waals surface area contributed by atoms with E-state index >= 15 is 0 Å². The molecule has 2 heteroatoms. The molecule has 98 valence electrons. The van der Waals surface area contributed by atoms with Gasteiger partial charge in [-0.15, -0.1) is 0 Å². The molecule has 2 aromatic rings. The molecule has 0 saturated heterocycles. The third-order valence-electron chi connectivity index (χ3n) is 3.88. The van der Waals surface area contributed by atoms with Crippen LogP contribution in [0.3, 0.4) is 0 Å². The predicted molar refractivity (Wildman–Crippen MR) is 77.3 cm³/mol. The molecule has 2 aromatic carbocycles. The summed E-state index contributed by atoms with van der Waals surface area (Å²) in [6.07, 6.45) is 4.59. The zero-order valence-corrected chi connectivity index (χ0v) is 11.0. The summed E-state index contributed by atoms with van der Waals surface area (Å²) in [5.41, 5.74) is 7.52. The van der Waals surface area contributed by atoms with E-state index in [0.29, 0.717) is 0 Å². The number of hydrogen-bond donors (Lipinski definition) is 1. The van der Waals surface area contributed by atoms with Crippen molar-refractivity contribution in [3.05, 3.63) is 60.2 Å². The van der Waals surface area contributed by atoms with Crippen LogP contribution < -0.4 is 10.5 Å². The highest BCUT2D eigenvalue weighted by molar-refractivity contribution is 5.37. The average Bonchev–Trinajstić information content (AvgIpc) is 2.89. The molecular weight excluding hydrogens is 234 g/mol. The zero-order chi connectivity index (χ0) is 13.1. The highest BCUT2D eigenvalue weighted by atomic mass is 16.5. The number of nitrogens with two attached hydrogens (primary N) is 1. The van der Waals surface area contributed by atoms with Crippen LogP contribution in [0.1, 0.15) is 31.2 Å². The van der Waals surface area contributed by atoms with Crippen molar-refractivity contribution in [3.8, 4) is 11.5 Å². The third kappa shape index (κ3) is 2.64. The molecule has 0 heterocycles. The van der Waals surface area contributed by atoms with Crippen molar-refractivity contribution in [2.24, 2.45) is 5.73 Å². The molecule has 0 bridgehead atoms. The van der Waals surface area contributed by atoms with E-state index in [0.717, 1.165) is 24.3 Å². The van der Waals surface area contributed by atoms with Crippen LogP contribution in [0.4, 0.5) is 0 Å². The molecule has 1 aliphatic carbocycles. The smallest absolute Gasteiger partial charge is 0.127 e. The standard InChI is InChI=1S/C17H19NO/c18-17(11-4-5-12-17)14-7-6-10-16(13-14)19-15-8-2-1-3-9-15/h1-3,6-10,13H,4-5,11-12,18H2. The summed E-state index contributed by atoms with van der Waals surface area (Å²) in [5, 5.41) is 0. The molecule has 1 fully saturated rings. The molecule has 19 heavy (non-hydrogen) atoms. The van der Waals surface area contributed by atoms with Gasteiger partial charge < -0.3 is 10.5 Å². The SMILES string of the molecule is NC1(c2cccc(Oc3ccccc3)c2)CCCC1. The summed E-state index contributed by atoms with van der Waals surface area (Å²) in [6, 6.07) is 18.1. The van der Waals surface area contributed by atoms with Crippen molar-refractivity contribution in [2.75, 3.05) is 0 Å². The molecule has 2 nitrogen and oxygen atoms in total. The van der Waals surface area contributed by atoms with E-state index in [2.05, 4.69) is 12.1 Å². The Morgan fingerprint density at radius 2 is 1.53 bits per heavy atom. The van der Waals surface area contributed by atoms with Gasteiger partial charge in [0.05, 0.1) is 0 Å². The number of ether oxygens (including phenoxy) is 1. The van der Waals surface area contributed by atoms with Gasteiger partial charge in [0.1, 0.15) is 11.5 Å². The van der Waals surface area contributed by atoms with Gasteiger partial charge in [0, 0.05) is 5.54 Å². The van der Waals surface area contributed by atoms with E-state index in [1.54, 1.807) is 0 Å². The Balaban J connectivity index is 1.84. The van der Waals surface area contributed by atoms with Crippen LogP contribution in [0.15, 0.2) is 54.6 Å². The van der Waals surface area contributed by atoms with Crippen LogP contribution in [0.2, 0.25) is 0 Å². The van der Waals surface area contributed by atoms with Gasteiger partial charge in [-0.25, -0.2) is 0 Å². The van der Waals surface area contributed by atoms with Crippen LogP contribution >= 0.6 is 0 Å². The molecule has 0 atom stereocenters. The van der Waals surface area contributed by atoms with Gasteiger partial charge in [0.25, 0.3) is 0 Å². The minimum absolute atomic E-state index is 0.157. The van der Waals surface area contributed by atoms with E-state index in [1.807, 2.05) is 42.5 Å². The van der Waals surface area contributed by atoms with E-state index in [-0.39, 0.29) is 5.54 Å². The molecule has 0 amide bonds. The van der Waals surface area contributed by atoms with E-state index < -0.39 is 0 Å². The molecule has 0 aliphatic heterocycles. The number of para-hydroxylation sites is 1. The third-order valence-corrected chi connectivity index (χ3v) is 3.88. The second kappa shape index (κ2) is 5.06. The van der Waals surface area contributed by atoms with E-state index in [9.17, 15) is 0 Å². The number of rotatable bonds is 3. The Bertz CT molecular complexity index is 544. The van der Waals surface area contributed by atoms with Crippen molar-refractivity contribution in [3.63, 3.8) is 0 Å². The van der Waals surface area contributed by atoms with Gasteiger partial charge in [0.2, 0.25) is 0 Å². The first-order chi connectivity index (χ1) is 9.26. The lowest BCUT2D eigenvalue weighted by Crippen LogP contribution is -2.32. The lowest BCUT2D eigenvalue weighted by molar-refractivity contribution is 0.450. The molecule has 0 unspecified atom stereocenters. The van der Waals surface area contributed by atoms with Crippen molar-refractivity contribution < 1.29 is 4.74 Å². The van der Waals surface area contributed by atoms with E-state index in [4.69, 9.17) is 10.5 Å². The minimum atomic E-state index is -0.157. The first-order valence-corrected chi connectivity index (χ1v) is 6.89. The molecule has 0 spiro atoms. The molecule has 1 saturated carbocycles. The zero-order valence-electron chi connectivity index (χ0n) is 11.0. The Labute approximate surface area is 114 Å². The number of benzene rings is 2. The van der Waals surface area contributed by atoms with Crippen LogP contribution in [-0.4, -0.2) is 0 Å². The second-order valence-electron chi connectivity index (χ2n) is 5.31. The largest absolute Gasteiger partial charge is 0.457 e. The monoisotopic (exact) mass is 253 g/mol.